The Morgan fingerprint density at radius 1 is 1.46 bits per heavy atom. The van der Waals surface area contributed by atoms with E-state index < -0.39 is 0 Å². The van der Waals surface area contributed by atoms with Crippen LogP contribution < -0.4 is 0 Å². The fourth-order valence-corrected chi connectivity index (χ4v) is 2.70. The van der Waals surface area contributed by atoms with Crippen LogP contribution in [0.1, 0.15) is 20.3 Å². The molecule has 1 saturated carbocycles. The first-order valence-corrected chi connectivity index (χ1v) is 5.09. The Kier molecular flexibility index (Phi) is 2.14. The molecule has 0 aromatic carbocycles. The molecular formula is C11H16O2. The zero-order chi connectivity index (χ0) is 9.42. The van der Waals surface area contributed by atoms with Crippen molar-refractivity contribution < 1.29 is 9.53 Å². The maximum absolute atomic E-state index is 11.6. The van der Waals surface area contributed by atoms with Gasteiger partial charge in [0.25, 0.3) is 0 Å². The van der Waals surface area contributed by atoms with Crippen molar-refractivity contribution in [3.63, 3.8) is 0 Å². The summed E-state index contributed by atoms with van der Waals surface area (Å²) < 4.78 is 5.08. The molecule has 0 aromatic heterocycles. The van der Waals surface area contributed by atoms with Gasteiger partial charge in [-0.15, -0.1) is 0 Å². The Bertz CT molecular complexity index is 244. The number of fused-ring (bicyclic) bond motifs is 2. The molecule has 2 bridgehead atoms. The number of carbonyl (C=O) groups excluding carboxylic acids is 1. The van der Waals surface area contributed by atoms with Crippen LogP contribution in [-0.2, 0) is 9.53 Å². The predicted octanol–water partition coefficient (Wildman–Crippen LogP) is 2.01. The van der Waals surface area contributed by atoms with Crippen molar-refractivity contribution in [3.05, 3.63) is 12.2 Å². The molecule has 4 atom stereocenters. The van der Waals surface area contributed by atoms with Gasteiger partial charge in [0.05, 0.1) is 12.5 Å². The Morgan fingerprint density at radius 3 is 2.69 bits per heavy atom. The van der Waals surface area contributed by atoms with Crippen LogP contribution in [0.25, 0.3) is 0 Å². The Morgan fingerprint density at radius 2 is 2.15 bits per heavy atom. The topological polar surface area (TPSA) is 26.3 Å². The van der Waals surface area contributed by atoms with E-state index in [9.17, 15) is 4.79 Å². The van der Waals surface area contributed by atoms with E-state index in [1.807, 2.05) is 6.92 Å². The molecule has 2 nitrogen and oxygen atoms in total. The van der Waals surface area contributed by atoms with Gasteiger partial charge in [-0.25, -0.2) is 0 Å². The summed E-state index contributed by atoms with van der Waals surface area (Å²) in [6.07, 6.45) is 5.60. The van der Waals surface area contributed by atoms with E-state index >= 15 is 0 Å². The van der Waals surface area contributed by atoms with Crippen molar-refractivity contribution in [2.45, 2.75) is 20.3 Å². The molecular weight excluding hydrogens is 164 g/mol. The number of ether oxygens (including phenoxy) is 1. The monoisotopic (exact) mass is 180 g/mol. The highest BCUT2D eigenvalue weighted by Gasteiger charge is 2.46. The molecule has 2 unspecified atom stereocenters. The molecule has 2 aliphatic rings. The Hall–Kier alpha value is -0.790. The minimum Gasteiger partial charge on any atom is -0.466 e. The van der Waals surface area contributed by atoms with Crippen molar-refractivity contribution in [3.8, 4) is 0 Å². The SMILES string of the molecule is CCOC(=O)[C@H]1C2C=CC(C2)[C@@H]1C. The van der Waals surface area contributed by atoms with Gasteiger partial charge in [-0.2, -0.15) is 0 Å². The quantitative estimate of drug-likeness (QED) is 0.480. The maximum Gasteiger partial charge on any atom is 0.309 e. The average molecular weight is 180 g/mol. The molecule has 1 fully saturated rings. The summed E-state index contributed by atoms with van der Waals surface area (Å²) in [5, 5.41) is 0. The molecule has 2 rings (SSSR count). The summed E-state index contributed by atoms with van der Waals surface area (Å²) in [6, 6.07) is 0. The summed E-state index contributed by atoms with van der Waals surface area (Å²) in [5.41, 5.74) is 0. The molecule has 0 radical (unpaired) electrons. The lowest BCUT2D eigenvalue weighted by molar-refractivity contribution is -0.150. The van der Waals surface area contributed by atoms with Crippen LogP contribution in [0.2, 0.25) is 0 Å². The van der Waals surface area contributed by atoms with E-state index in [-0.39, 0.29) is 11.9 Å². The lowest BCUT2D eigenvalue weighted by Gasteiger charge is -2.22. The molecule has 2 heteroatoms. The van der Waals surface area contributed by atoms with Gasteiger partial charge in [0.2, 0.25) is 0 Å². The first kappa shape index (κ1) is 8.79. The highest BCUT2D eigenvalue weighted by molar-refractivity contribution is 5.74. The van der Waals surface area contributed by atoms with Crippen LogP contribution in [0.3, 0.4) is 0 Å². The van der Waals surface area contributed by atoms with E-state index in [4.69, 9.17) is 4.74 Å². The smallest absolute Gasteiger partial charge is 0.309 e. The molecule has 13 heavy (non-hydrogen) atoms. The van der Waals surface area contributed by atoms with Gasteiger partial charge in [-0.05, 0) is 31.1 Å². The standard InChI is InChI=1S/C11H16O2/c1-3-13-11(12)10-7(2)8-4-5-9(10)6-8/h4-5,7-10H,3,6H2,1-2H3/t7-,8?,9?,10+/m0/s1. The van der Waals surface area contributed by atoms with E-state index in [1.54, 1.807) is 0 Å². The zero-order valence-corrected chi connectivity index (χ0v) is 8.19. The van der Waals surface area contributed by atoms with Crippen LogP contribution in [0, 0.1) is 23.7 Å². The second kappa shape index (κ2) is 3.17. The Balaban J connectivity index is 2.08. The Labute approximate surface area is 79.0 Å². The number of rotatable bonds is 2. The summed E-state index contributed by atoms with van der Waals surface area (Å²) in [5.74, 6) is 1.70. The first-order valence-electron chi connectivity index (χ1n) is 5.09. The van der Waals surface area contributed by atoms with Crippen molar-refractivity contribution in [2.24, 2.45) is 23.7 Å². The fraction of sp³-hybridized carbons (Fsp3) is 0.727. The molecule has 0 amide bonds. The number of hydrogen-bond donors (Lipinski definition) is 0. The third kappa shape index (κ3) is 1.28. The first-order chi connectivity index (χ1) is 6.24. The zero-order valence-electron chi connectivity index (χ0n) is 8.19. The third-order valence-corrected chi connectivity index (χ3v) is 3.41. The summed E-state index contributed by atoms with van der Waals surface area (Å²) >= 11 is 0. The van der Waals surface area contributed by atoms with Crippen LogP contribution in [0.5, 0.6) is 0 Å². The van der Waals surface area contributed by atoms with E-state index in [0.717, 1.165) is 6.42 Å². The van der Waals surface area contributed by atoms with E-state index in [2.05, 4.69) is 19.1 Å². The van der Waals surface area contributed by atoms with E-state index in [1.165, 1.54) is 0 Å². The van der Waals surface area contributed by atoms with Crippen molar-refractivity contribution in [1.29, 1.82) is 0 Å². The number of allylic oxidation sites excluding steroid dienone is 2. The highest BCUT2D eigenvalue weighted by Crippen LogP contribution is 2.48. The van der Waals surface area contributed by atoms with Crippen molar-refractivity contribution in [1.82, 2.24) is 0 Å². The minimum atomic E-state index is 0.00634. The summed E-state index contributed by atoms with van der Waals surface area (Å²) in [6.45, 7) is 4.53. The fourth-order valence-electron chi connectivity index (χ4n) is 2.70. The average Bonchev–Trinajstić information content (AvgIpc) is 2.63. The highest BCUT2D eigenvalue weighted by atomic mass is 16.5. The summed E-state index contributed by atoms with van der Waals surface area (Å²) in [4.78, 5) is 11.6. The lowest BCUT2D eigenvalue weighted by Crippen LogP contribution is -2.27. The van der Waals surface area contributed by atoms with Crippen LogP contribution in [0.4, 0.5) is 0 Å². The maximum atomic E-state index is 11.6. The molecule has 72 valence electrons. The normalized spacial score (nSPS) is 41.1. The molecule has 0 spiro atoms. The molecule has 0 N–H and O–H groups in total. The van der Waals surface area contributed by atoms with Gasteiger partial charge in [0.1, 0.15) is 0 Å². The summed E-state index contributed by atoms with van der Waals surface area (Å²) in [7, 11) is 0. The van der Waals surface area contributed by atoms with E-state index in [0.29, 0.717) is 24.4 Å². The van der Waals surface area contributed by atoms with Crippen LogP contribution in [0.15, 0.2) is 12.2 Å². The lowest BCUT2D eigenvalue weighted by atomic mass is 9.84. The molecule has 0 saturated heterocycles. The number of carbonyl (C=O) groups is 1. The van der Waals surface area contributed by atoms with Gasteiger partial charge in [0.15, 0.2) is 0 Å². The van der Waals surface area contributed by atoms with Crippen molar-refractivity contribution >= 4 is 5.97 Å². The molecule has 0 heterocycles. The van der Waals surface area contributed by atoms with Gasteiger partial charge < -0.3 is 4.74 Å². The minimum absolute atomic E-state index is 0.00634. The number of esters is 1. The number of hydrogen-bond acceptors (Lipinski definition) is 2. The molecule has 2 aliphatic carbocycles. The van der Waals surface area contributed by atoms with Crippen molar-refractivity contribution in [2.75, 3.05) is 6.61 Å². The largest absolute Gasteiger partial charge is 0.466 e. The molecule has 0 aliphatic heterocycles. The van der Waals surface area contributed by atoms with Gasteiger partial charge >= 0.3 is 5.97 Å². The molecule has 0 aromatic rings. The predicted molar refractivity (Wildman–Crippen MR) is 50.0 cm³/mol. The van der Waals surface area contributed by atoms with Gasteiger partial charge in [-0.1, -0.05) is 19.1 Å². The van der Waals surface area contributed by atoms with Crippen LogP contribution >= 0.6 is 0 Å². The van der Waals surface area contributed by atoms with Gasteiger partial charge in [0, 0.05) is 0 Å². The third-order valence-electron chi connectivity index (χ3n) is 3.41. The van der Waals surface area contributed by atoms with Crippen LogP contribution in [-0.4, -0.2) is 12.6 Å². The second-order valence-corrected chi connectivity index (χ2v) is 4.09. The van der Waals surface area contributed by atoms with Gasteiger partial charge in [-0.3, -0.25) is 4.79 Å². The second-order valence-electron chi connectivity index (χ2n) is 4.09.